The summed E-state index contributed by atoms with van der Waals surface area (Å²) < 4.78 is 11.4. The fourth-order valence-corrected chi connectivity index (χ4v) is 4.80. The van der Waals surface area contributed by atoms with Gasteiger partial charge in [-0.1, -0.05) is 26.7 Å². The van der Waals surface area contributed by atoms with Crippen LogP contribution in [0.15, 0.2) is 118 Å². The molecule has 0 spiro atoms. The average Bonchev–Trinajstić information content (AvgIpc) is 3.08. The van der Waals surface area contributed by atoms with Gasteiger partial charge in [-0.05, 0) is 110 Å². The third kappa shape index (κ3) is 9.14. The highest BCUT2D eigenvalue weighted by atomic mass is 16.5. The van der Waals surface area contributed by atoms with Crippen LogP contribution in [0.1, 0.15) is 39.5 Å². The molecule has 8 nitrogen and oxygen atoms in total. The molecule has 0 amide bonds. The number of hydrogen-bond donors (Lipinski definition) is 0. The van der Waals surface area contributed by atoms with Crippen molar-refractivity contribution in [3.63, 3.8) is 0 Å². The number of hydrogen-bond acceptors (Lipinski definition) is 8. The molecule has 0 aliphatic carbocycles. The van der Waals surface area contributed by atoms with Gasteiger partial charge < -0.3 is 19.3 Å². The Morgan fingerprint density at radius 2 is 0.750 bits per heavy atom. The SMILES string of the molecule is CCCCOc1ccc(N=Nc2ccc(N3CCN(c4ccc(N=Nc5ccc(OCCCC)cc5)cc4)CC3)cc2)cc1. The first-order valence-electron chi connectivity index (χ1n) is 15.7. The van der Waals surface area contributed by atoms with Crippen LogP contribution in [0.3, 0.4) is 0 Å². The number of rotatable bonds is 14. The molecule has 0 N–H and O–H groups in total. The van der Waals surface area contributed by atoms with Gasteiger partial charge >= 0.3 is 0 Å². The summed E-state index contributed by atoms with van der Waals surface area (Å²) in [6.45, 7) is 9.60. The summed E-state index contributed by atoms with van der Waals surface area (Å²) in [7, 11) is 0. The number of azo groups is 2. The lowest BCUT2D eigenvalue weighted by Crippen LogP contribution is -2.46. The van der Waals surface area contributed by atoms with Gasteiger partial charge in [0.15, 0.2) is 0 Å². The normalized spacial score (nSPS) is 13.6. The molecule has 0 atom stereocenters. The van der Waals surface area contributed by atoms with Crippen LogP contribution in [0, 0.1) is 0 Å². The highest BCUT2D eigenvalue weighted by molar-refractivity contribution is 5.57. The van der Waals surface area contributed by atoms with Crippen LogP contribution in [0.25, 0.3) is 0 Å². The Morgan fingerprint density at radius 1 is 0.455 bits per heavy atom. The fraction of sp³-hybridized carbons (Fsp3) is 0.333. The first-order valence-corrected chi connectivity index (χ1v) is 15.7. The smallest absolute Gasteiger partial charge is 0.119 e. The number of piperazine rings is 1. The first-order chi connectivity index (χ1) is 21.7. The van der Waals surface area contributed by atoms with E-state index in [1.165, 1.54) is 11.4 Å². The monoisotopic (exact) mass is 590 g/mol. The maximum Gasteiger partial charge on any atom is 0.119 e. The summed E-state index contributed by atoms with van der Waals surface area (Å²) in [6.07, 6.45) is 4.36. The van der Waals surface area contributed by atoms with E-state index in [0.717, 1.165) is 99.3 Å². The van der Waals surface area contributed by atoms with Gasteiger partial charge in [0.1, 0.15) is 11.5 Å². The lowest BCUT2D eigenvalue weighted by atomic mass is 10.2. The highest BCUT2D eigenvalue weighted by Gasteiger charge is 2.17. The average molecular weight is 591 g/mol. The largest absolute Gasteiger partial charge is 0.494 e. The summed E-state index contributed by atoms with van der Waals surface area (Å²) >= 11 is 0. The molecule has 0 bridgehead atoms. The predicted molar refractivity (Wildman–Crippen MR) is 179 cm³/mol. The summed E-state index contributed by atoms with van der Waals surface area (Å²) in [4.78, 5) is 4.83. The van der Waals surface area contributed by atoms with Crippen molar-refractivity contribution in [1.82, 2.24) is 0 Å². The Bertz CT molecular complexity index is 1350. The molecule has 44 heavy (non-hydrogen) atoms. The van der Waals surface area contributed by atoms with Gasteiger partial charge in [0, 0.05) is 37.6 Å². The van der Waals surface area contributed by atoms with Gasteiger partial charge in [0.2, 0.25) is 0 Å². The van der Waals surface area contributed by atoms with E-state index in [4.69, 9.17) is 9.47 Å². The first kappa shape index (κ1) is 30.7. The zero-order chi connectivity index (χ0) is 30.4. The second kappa shape index (κ2) is 16.2. The van der Waals surface area contributed by atoms with E-state index < -0.39 is 0 Å². The van der Waals surface area contributed by atoms with Crippen LogP contribution in [0.2, 0.25) is 0 Å². The maximum absolute atomic E-state index is 5.72. The van der Waals surface area contributed by atoms with Gasteiger partial charge in [-0.15, -0.1) is 0 Å². The molecule has 228 valence electrons. The topological polar surface area (TPSA) is 74.4 Å². The standard InChI is InChI=1S/C36H42N6O2/c1-3-5-27-43-35-19-11-31(12-20-35)39-37-29-7-15-33(16-8-29)41-23-25-42(26-24-41)34-17-9-30(10-18-34)38-40-32-13-21-36(22-14-32)44-28-6-4-2/h7-22H,3-6,23-28H2,1-2H3. The molecule has 4 aromatic rings. The van der Waals surface area contributed by atoms with Crippen molar-refractivity contribution in [2.24, 2.45) is 20.5 Å². The van der Waals surface area contributed by atoms with Crippen LogP contribution in [-0.2, 0) is 0 Å². The van der Waals surface area contributed by atoms with Crippen molar-refractivity contribution < 1.29 is 9.47 Å². The fourth-order valence-electron chi connectivity index (χ4n) is 4.80. The van der Waals surface area contributed by atoms with E-state index in [2.05, 4.69) is 68.4 Å². The van der Waals surface area contributed by atoms with Crippen molar-refractivity contribution in [2.45, 2.75) is 39.5 Å². The van der Waals surface area contributed by atoms with Crippen molar-refractivity contribution in [3.8, 4) is 11.5 Å². The Labute approximate surface area is 261 Å². The Hall–Kier alpha value is -4.72. The van der Waals surface area contributed by atoms with E-state index in [0.29, 0.717) is 0 Å². The lowest BCUT2D eigenvalue weighted by Gasteiger charge is -2.37. The van der Waals surface area contributed by atoms with E-state index in [1.54, 1.807) is 0 Å². The molecular weight excluding hydrogens is 548 g/mol. The molecule has 0 aromatic heterocycles. The summed E-state index contributed by atoms with van der Waals surface area (Å²) in [6, 6.07) is 32.1. The lowest BCUT2D eigenvalue weighted by molar-refractivity contribution is 0.309. The summed E-state index contributed by atoms with van der Waals surface area (Å²) in [5.74, 6) is 1.74. The van der Waals surface area contributed by atoms with Crippen LogP contribution in [0.4, 0.5) is 34.1 Å². The Morgan fingerprint density at radius 3 is 1.05 bits per heavy atom. The number of ether oxygens (including phenoxy) is 2. The van der Waals surface area contributed by atoms with Crippen molar-refractivity contribution >= 4 is 34.1 Å². The molecule has 1 saturated heterocycles. The quantitative estimate of drug-likeness (QED) is 0.108. The third-order valence-corrected chi connectivity index (χ3v) is 7.48. The molecule has 1 aliphatic heterocycles. The number of anilines is 2. The molecule has 5 rings (SSSR count). The van der Waals surface area contributed by atoms with Gasteiger partial charge in [0.25, 0.3) is 0 Å². The second-order valence-corrected chi connectivity index (χ2v) is 10.8. The molecule has 1 aliphatic rings. The molecule has 4 aromatic carbocycles. The number of benzene rings is 4. The van der Waals surface area contributed by atoms with Gasteiger partial charge in [-0.25, -0.2) is 0 Å². The number of nitrogens with zero attached hydrogens (tertiary/aromatic N) is 6. The van der Waals surface area contributed by atoms with E-state index in [-0.39, 0.29) is 0 Å². The minimum absolute atomic E-state index is 0.742. The van der Waals surface area contributed by atoms with Crippen LogP contribution >= 0.6 is 0 Å². The molecule has 0 radical (unpaired) electrons. The predicted octanol–water partition coefficient (Wildman–Crippen LogP) is 10.2. The van der Waals surface area contributed by atoms with Crippen molar-refractivity contribution in [1.29, 1.82) is 0 Å². The van der Waals surface area contributed by atoms with Gasteiger partial charge in [-0.2, -0.15) is 20.5 Å². The molecular formula is C36H42N6O2. The molecule has 1 heterocycles. The molecule has 0 unspecified atom stereocenters. The van der Waals surface area contributed by atoms with E-state index in [1.807, 2.05) is 72.8 Å². The summed E-state index contributed by atoms with van der Waals surface area (Å²) in [5.41, 5.74) is 5.69. The maximum atomic E-state index is 5.72. The zero-order valence-corrected chi connectivity index (χ0v) is 25.8. The number of unbranched alkanes of at least 4 members (excludes halogenated alkanes) is 2. The van der Waals surface area contributed by atoms with Crippen molar-refractivity contribution in [2.75, 3.05) is 49.2 Å². The Kier molecular flexibility index (Phi) is 11.3. The van der Waals surface area contributed by atoms with E-state index >= 15 is 0 Å². The molecule has 0 saturated carbocycles. The molecule has 1 fully saturated rings. The van der Waals surface area contributed by atoms with Crippen LogP contribution in [0.5, 0.6) is 11.5 Å². The minimum atomic E-state index is 0.742. The Balaban J connectivity index is 1.07. The van der Waals surface area contributed by atoms with Crippen LogP contribution in [-0.4, -0.2) is 39.4 Å². The van der Waals surface area contributed by atoms with Gasteiger partial charge in [-0.3, -0.25) is 0 Å². The highest BCUT2D eigenvalue weighted by Crippen LogP contribution is 2.27. The van der Waals surface area contributed by atoms with Crippen molar-refractivity contribution in [3.05, 3.63) is 97.1 Å². The second-order valence-electron chi connectivity index (χ2n) is 10.8. The minimum Gasteiger partial charge on any atom is -0.494 e. The molecule has 8 heteroatoms. The summed E-state index contributed by atoms with van der Waals surface area (Å²) in [5, 5.41) is 17.6. The third-order valence-electron chi connectivity index (χ3n) is 7.48. The van der Waals surface area contributed by atoms with E-state index in [9.17, 15) is 0 Å². The zero-order valence-electron chi connectivity index (χ0n) is 25.8. The van der Waals surface area contributed by atoms with Gasteiger partial charge in [0.05, 0.1) is 36.0 Å². The van der Waals surface area contributed by atoms with Crippen LogP contribution < -0.4 is 19.3 Å².